The third kappa shape index (κ3) is 2.17. The normalized spacial score (nSPS) is 37.9. The van der Waals surface area contributed by atoms with Crippen molar-refractivity contribution in [3.63, 3.8) is 0 Å². The molecule has 2 unspecified atom stereocenters. The van der Waals surface area contributed by atoms with Gasteiger partial charge in [0.1, 0.15) is 0 Å². The Morgan fingerprint density at radius 3 is 2.55 bits per heavy atom. The first-order valence-electron chi connectivity index (χ1n) is 4.83. The molecule has 0 heterocycles. The van der Waals surface area contributed by atoms with Crippen molar-refractivity contribution in [3.8, 4) is 0 Å². The van der Waals surface area contributed by atoms with E-state index in [9.17, 15) is 0 Å². The molecule has 11 heavy (non-hydrogen) atoms. The van der Waals surface area contributed by atoms with Gasteiger partial charge in [-0.2, -0.15) is 0 Å². The molecule has 0 bridgehead atoms. The Kier molecular flexibility index (Phi) is 2.14. The summed E-state index contributed by atoms with van der Waals surface area (Å²) in [6.45, 7) is 1.22. The second-order valence-electron chi connectivity index (χ2n) is 4.12. The Labute approximate surface area is 68.5 Å². The summed E-state index contributed by atoms with van der Waals surface area (Å²) in [4.78, 5) is 0. The van der Waals surface area contributed by atoms with Gasteiger partial charge in [0.05, 0.1) is 0 Å². The van der Waals surface area contributed by atoms with Crippen molar-refractivity contribution in [2.24, 2.45) is 11.7 Å². The molecule has 0 amide bonds. The molecular weight excluding hydrogens is 136 g/mol. The van der Waals surface area contributed by atoms with Gasteiger partial charge >= 0.3 is 0 Å². The zero-order chi connectivity index (χ0) is 7.68. The van der Waals surface area contributed by atoms with Crippen molar-refractivity contribution < 1.29 is 0 Å². The third-order valence-corrected chi connectivity index (χ3v) is 2.85. The van der Waals surface area contributed by atoms with Crippen LogP contribution < -0.4 is 11.1 Å². The first kappa shape index (κ1) is 7.56. The summed E-state index contributed by atoms with van der Waals surface area (Å²) >= 11 is 0. The highest BCUT2D eigenvalue weighted by atomic mass is 14.9. The lowest BCUT2D eigenvalue weighted by molar-refractivity contribution is 0.481. The second-order valence-corrected chi connectivity index (χ2v) is 4.12. The van der Waals surface area contributed by atoms with E-state index in [0.717, 1.165) is 12.0 Å². The van der Waals surface area contributed by atoms with Gasteiger partial charge in [-0.25, -0.2) is 0 Å². The zero-order valence-electron chi connectivity index (χ0n) is 7.05. The maximum atomic E-state index is 5.82. The van der Waals surface area contributed by atoms with Crippen LogP contribution in [0, 0.1) is 5.92 Å². The van der Waals surface area contributed by atoms with Crippen molar-refractivity contribution in [3.05, 3.63) is 0 Å². The molecule has 0 aromatic heterocycles. The van der Waals surface area contributed by atoms with Gasteiger partial charge in [0.15, 0.2) is 0 Å². The van der Waals surface area contributed by atoms with Gasteiger partial charge in [-0.3, -0.25) is 0 Å². The van der Waals surface area contributed by atoms with Crippen LogP contribution in [0.15, 0.2) is 0 Å². The summed E-state index contributed by atoms with van der Waals surface area (Å²) in [5.74, 6) is 0.880. The molecule has 2 nitrogen and oxygen atoms in total. The van der Waals surface area contributed by atoms with E-state index in [-0.39, 0.29) is 0 Å². The van der Waals surface area contributed by atoms with E-state index in [4.69, 9.17) is 5.73 Å². The van der Waals surface area contributed by atoms with Gasteiger partial charge < -0.3 is 11.1 Å². The molecule has 2 heteroatoms. The Morgan fingerprint density at radius 1 is 1.18 bits per heavy atom. The topological polar surface area (TPSA) is 38.0 Å². The molecule has 0 aromatic rings. The highest BCUT2D eigenvalue weighted by molar-refractivity contribution is 4.85. The van der Waals surface area contributed by atoms with Crippen LogP contribution in [-0.4, -0.2) is 18.6 Å². The number of hydrogen-bond donors (Lipinski definition) is 2. The Balaban J connectivity index is 1.62. The Morgan fingerprint density at radius 2 is 2.00 bits per heavy atom. The summed E-state index contributed by atoms with van der Waals surface area (Å²) in [5, 5.41) is 3.56. The molecule has 0 radical (unpaired) electrons. The number of nitrogens with one attached hydrogen (secondary N) is 1. The van der Waals surface area contributed by atoms with Gasteiger partial charge in [0.2, 0.25) is 0 Å². The fourth-order valence-electron chi connectivity index (χ4n) is 1.92. The smallest absolute Gasteiger partial charge is 0.00683 e. The molecule has 2 atom stereocenters. The molecule has 64 valence electrons. The van der Waals surface area contributed by atoms with Crippen LogP contribution in [0.5, 0.6) is 0 Å². The molecule has 2 rings (SSSR count). The standard InChI is InChI=1S/C9H18N2/c10-8-2-1-7(5-8)6-11-9-3-4-9/h7-9,11H,1-6,10H2. The van der Waals surface area contributed by atoms with E-state index >= 15 is 0 Å². The van der Waals surface area contributed by atoms with Crippen LogP contribution in [0.25, 0.3) is 0 Å². The fourth-order valence-corrected chi connectivity index (χ4v) is 1.92. The average Bonchev–Trinajstić information content (AvgIpc) is 2.72. The minimum Gasteiger partial charge on any atom is -0.328 e. The van der Waals surface area contributed by atoms with Gasteiger partial charge in [0.25, 0.3) is 0 Å². The highest BCUT2D eigenvalue weighted by Gasteiger charge is 2.25. The van der Waals surface area contributed by atoms with Crippen LogP contribution in [0.3, 0.4) is 0 Å². The van der Waals surface area contributed by atoms with Crippen molar-refractivity contribution >= 4 is 0 Å². The first-order valence-corrected chi connectivity index (χ1v) is 4.83. The van der Waals surface area contributed by atoms with E-state index < -0.39 is 0 Å². The van der Waals surface area contributed by atoms with Crippen molar-refractivity contribution in [1.29, 1.82) is 0 Å². The predicted octanol–water partition coefficient (Wildman–Crippen LogP) is 0.866. The number of rotatable bonds is 3. The molecule has 0 aromatic carbocycles. The van der Waals surface area contributed by atoms with Gasteiger partial charge in [0, 0.05) is 12.1 Å². The van der Waals surface area contributed by atoms with Crippen molar-refractivity contribution in [2.75, 3.05) is 6.54 Å². The Hall–Kier alpha value is -0.0800. The van der Waals surface area contributed by atoms with E-state index in [2.05, 4.69) is 5.32 Å². The van der Waals surface area contributed by atoms with Crippen LogP contribution in [0.2, 0.25) is 0 Å². The highest BCUT2D eigenvalue weighted by Crippen LogP contribution is 2.25. The summed E-state index contributed by atoms with van der Waals surface area (Å²) in [6, 6.07) is 1.37. The van der Waals surface area contributed by atoms with Crippen molar-refractivity contribution in [2.45, 2.75) is 44.2 Å². The summed E-state index contributed by atoms with van der Waals surface area (Å²) in [6.07, 6.45) is 6.65. The molecule has 3 N–H and O–H groups in total. The monoisotopic (exact) mass is 154 g/mol. The molecule has 0 saturated heterocycles. The largest absolute Gasteiger partial charge is 0.328 e. The minimum atomic E-state index is 0.501. The van der Waals surface area contributed by atoms with E-state index in [1.54, 1.807) is 0 Å². The third-order valence-electron chi connectivity index (χ3n) is 2.85. The minimum absolute atomic E-state index is 0.501. The van der Waals surface area contributed by atoms with Crippen LogP contribution in [0.4, 0.5) is 0 Å². The maximum absolute atomic E-state index is 5.82. The SMILES string of the molecule is NC1CCC(CNC2CC2)C1. The van der Waals surface area contributed by atoms with Crippen LogP contribution in [0.1, 0.15) is 32.1 Å². The number of nitrogens with two attached hydrogens (primary N) is 1. The molecule has 2 aliphatic rings. The van der Waals surface area contributed by atoms with Gasteiger partial charge in [-0.05, 0) is 44.6 Å². The average molecular weight is 154 g/mol. The quantitative estimate of drug-likeness (QED) is 0.633. The lowest BCUT2D eigenvalue weighted by Crippen LogP contribution is -2.24. The molecule has 2 fully saturated rings. The molecular formula is C9H18N2. The lowest BCUT2D eigenvalue weighted by atomic mass is 10.1. The van der Waals surface area contributed by atoms with E-state index in [1.165, 1.54) is 38.6 Å². The van der Waals surface area contributed by atoms with Crippen LogP contribution in [-0.2, 0) is 0 Å². The molecule has 0 aliphatic heterocycles. The molecule has 2 saturated carbocycles. The van der Waals surface area contributed by atoms with Gasteiger partial charge in [-0.1, -0.05) is 0 Å². The predicted molar refractivity (Wildman–Crippen MR) is 46.3 cm³/mol. The zero-order valence-corrected chi connectivity index (χ0v) is 7.05. The summed E-state index contributed by atoms with van der Waals surface area (Å²) in [7, 11) is 0. The van der Waals surface area contributed by atoms with E-state index in [1.807, 2.05) is 0 Å². The first-order chi connectivity index (χ1) is 5.34. The van der Waals surface area contributed by atoms with E-state index in [0.29, 0.717) is 6.04 Å². The summed E-state index contributed by atoms with van der Waals surface area (Å²) in [5.41, 5.74) is 5.82. The molecule has 0 spiro atoms. The fraction of sp³-hybridized carbons (Fsp3) is 1.00. The Bertz CT molecular complexity index is 132. The van der Waals surface area contributed by atoms with Crippen LogP contribution >= 0.6 is 0 Å². The lowest BCUT2D eigenvalue weighted by Gasteiger charge is -2.09. The molecule has 2 aliphatic carbocycles. The second kappa shape index (κ2) is 3.11. The van der Waals surface area contributed by atoms with Crippen molar-refractivity contribution in [1.82, 2.24) is 5.32 Å². The summed E-state index contributed by atoms with van der Waals surface area (Å²) < 4.78 is 0. The van der Waals surface area contributed by atoms with Gasteiger partial charge in [-0.15, -0.1) is 0 Å². The number of hydrogen-bond acceptors (Lipinski definition) is 2. The maximum Gasteiger partial charge on any atom is 0.00683 e.